The van der Waals surface area contributed by atoms with Crippen molar-refractivity contribution in [1.29, 1.82) is 0 Å². The zero-order valence-corrected chi connectivity index (χ0v) is 13.2. The monoisotopic (exact) mass is 337 g/mol. The van der Waals surface area contributed by atoms with Crippen LogP contribution in [0, 0.1) is 5.92 Å². The molecular weight excluding hydrogens is 319 g/mol. The maximum Gasteiger partial charge on any atom is 0.416 e. The van der Waals surface area contributed by atoms with Gasteiger partial charge in [-0.3, -0.25) is 9.89 Å². The maximum absolute atomic E-state index is 12.8. The van der Waals surface area contributed by atoms with E-state index in [4.69, 9.17) is 0 Å². The van der Waals surface area contributed by atoms with Gasteiger partial charge in [0.1, 0.15) is 0 Å². The molecule has 1 aliphatic heterocycles. The van der Waals surface area contributed by atoms with Gasteiger partial charge in [0.2, 0.25) is 5.91 Å². The Morgan fingerprint density at radius 2 is 2.21 bits per heavy atom. The normalized spacial score (nSPS) is 15.9. The van der Waals surface area contributed by atoms with Crippen molar-refractivity contribution >= 4 is 5.91 Å². The number of hydrogen-bond acceptors (Lipinski definition) is 2. The number of halogens is 3. The molecule has 128 valence electrons. The van der Waals surface area contributed by atoms with E-state index in [-0.39, 0.29) is 18.2 Å². The fourth-order valence-electron chi connectivity index (χ4n) is 3.04. The van der Waals surface area contributed by atoms with Crippen molar-refractivity contribution in [2.24, 2.45) is 5.92 Å². The first-order chi connectivity index (χ1) is 11.3. The van der Waals surface area contributed by atoms with E-state index < -0.39 is 11.7 Å². The molecule has 0 saturated carbocycles. The van der Waals surface area contributed by atoms with Crippen molar-refractivity contribution in [2.75, 3.05) is 6.54 Å². The predicted molar refractivity (Wildman–Crippen MR) is 82.0 cm³/mol. The van der Waals surface area contributed by atoms with Gasteiger partial charge < -0.3 is 4.90 Å². The Morgan fingerprint density at radius 3 is 2.96 bits per heavy atom. The Bertz CT molecular complexity index is 739. The minimum Gasteiger partial charge on any atom is -0.338 e. The highest BCUT2D eigenvalue weighted by atomic mass is 19.4. The standard InChI is InChI=1S/C17H18F3N3O/c1-11(7-12-3-2-4-14(8-12)17(18,19)20)16(24)23-6-5-15-13(10-23)9-21-22-15/h2-4,8-9,11H,5-7,10H2,1H3,(H,21,22)/t11-/m1/s1. The highest BCUT2D eigenvalue weighted by molar-refractivity contribution is 5.79. The van der Waals surface area contributed by atoms with Gasteiger partial charge in [-0.2, -0.15) is 18.3 Å². The summed E-state index contributed by atoms with van der Waals surface area (Å²) < 4.78 is 38.3. The van der Waals surface area contributed by atoms with Gasteiger partial charge in [0.25, 0.3) is 0 Å². The molecule has 0 spiro atoms. The van der Waals surface area contributed by atoms with Crippen LogP contribution in [0.1, 0.15) is 29.3 Å². The molecule has 0 aliphatic carbocycles. The Labute approximate surface area is 137 Å². The van der Waals surface area contributed by atoms with Crippen LogP contribution in [0.2, 0.25) is 0 Å². The molecule has 3 rings (SSSR count). The molecule has 0 radical (unpaired) electrons. The van der Waals surface area contributed by atoms with E-state index in [2.05, 4.69) is 10.2 Å². The van der Waals surface area contributed by atoms with Gasteiger partial charge in [0.05, 0.1) is 11.8 Å². The number of carbonyl (C=O) groups excluding carboxylic acids is 1. The van der Waals surface area contributed by atoms with Gasteiger partial charge in [-0.05, 0) is 18.1 Å². The molecule has 0 bridgehead atoms. The minimum absolute atomic E-state index is 0.0424. The summed E-state index contributed by atoms with van der Waals surface area (Å²) in [7, 11) is 0. The fraction of sp³-hybridized carbons (Fsp3) is 0.412. The number of carbonyl (C=O) groups is 1. The number of fused-ring (bicyclic) bond motifs is 1. The van der Waals surface area contributed by atoms with Crippen molar-refractivity contribution in [3.05, 3.63) is 52.8 Å². The topological polar surface area (TPSA) is 49.0 Å². The first kappa shape index (κ1) is 16.5. The molecule has 0 saturated heterocycles. The average Bonchev–Trinajstić information content (AvgIpc) is 3.01. The highest BCUT2D eigenvalue weighted by Crippen LogP contribution is 2.30. The summed E-state index contributed by atoms with van der Waals surface area (Å²) in [4.78, 5) is 14.3. The van der Waals surface area contributed by atoms with E-state index in [1.165, 1.54) is 6.07 Å². The molecule has 0 unspecified atom stereocenters. The van der Waals surface area contributed by atoms with Crippen molar-refractivity contribution in [3.8, 4) is 0 Å². The number of aromatic nitrogens is 2. The third kappa shape index (κ3) is 3.44. The molecule has 4 nitrogen and oxygen atoms in total. The van der Waals surface area contributed by atoms with Crippen LogP contribution in [0.15, 0.2) is 30.5 Å². The summed E-state index contributed by atoms with van der Waals surface area (Å²) in [5.41, 5.74) is 1.89. The van der Waals surface area contributed by atoms with E-state index in [1.54, 1.807) is 24.1 Å². The van der Waals surface area contributed by atoms with E-state index in [0.29, 0.717) is 18.7 Å². The molecule has 2 aromatic rings. The molecule has 24 heavy (non-hydrogen) atoms. The SMILES string of the molecule is C[C@H](Cc1cccc(C(F)(F)F)c1)C(=O)N1CCc2[nH]ncc2C1. The van der Waals surface area contributed by atoms with E-state index in [9.17, 15) is 18.0 Å². The van der Waals surface area contributed by atoms with Gasteiger partial charge in [-0.1, -0.05) is 25.1 Å². The molecule has 7 heteroatoms. The van der Waals surface area contributed by atoms with Crippen LogP contribution in [0.3, 0.4) is 0 Å². The van der Waals surface area contributed by atoms with Crippen LogP contribution < -0.4 is 0 Å². The number of amides is 1. The number of hydrogen-bond donors (Lipinski definition) is 1. The van der Waals surface area contributed by atoms with Crippen LogP contribution in [0.25, 0.3) is 0 Å². The molecule has 1 N–H and O–H groups in total. The van der Waals surface area contributed by atoms with Gasteiger partial charge >= 0.3 is 6.18 Å². The maximum atomic E-state index is 12.8. The number of nitrogens with one attached hydrogen (secondary N) is 1. The first-order valence-electron chi connectivity index (χ1n) is 7.80. The van der Waals surface area contributed by atoms with Crippen molar-refractivity contribution in [3.63, 3.8) is 0 Å². The number of alkyl halides is 3. The third-order valence-corrected chi connectivity index (χ3v) is 4.33. The minimum atomic E-state index is -4.37. The lowest BCUT2D eigenvalue weighted by Crippen LogP contribution is -2.39. The summed E-state index contributed by atoms with van der Waals surface area (Å²) in [6.07, 6.45) is -1.64. The summed E-state index contributed by atoms with van der Waals surface area (Å²) >= 11 is 0. The van der Waals surface area contributed by atoms with Gasteiger partial charge in [-0.15, -0.1) is 0 Å². The predicted octanol–water partition coefficient (Wildman–Crippen LogP) is 3.19. The Balaban J connectivity index is 1.67. The lowest BCUT2D eigenvalue weighted by atomic mass is 9.97. The number of H-pyrrole nitrogens is 1. The van der Waals surface area contributed by atoms with Crippen molar-refractivity contribution in [1.82, 2.24) is 15.1 Å². The molecule has 1 aromatic carbocycles. The Kier molecular flexibility index (Phi) is 4.34. The molecule has 1 aliphatic rings. The van der Waals surface area contributed by atoms with Crippen LogP contribution >= 0.6 is 0 Å². The summed E-state index contributed by atoms with van der Waals surface area (Å²) in [6, 6.07) is 5.17. The smallest absolute Gasteiger partial charge is 0.338 e. The Morgan fingerprint density at radius 1 is 1.42 bits per heavy atom. The van der Waals surface area contributed by atoms with Crippen LogP contribution in [0.5, 0.6) is 0 Å². The largest absolute Gasteiger partial charge is 0.416 e. The first-order valence-corrected chi connectivity index (χ1v) is 7.80. The number of nitrogens with zero attached hydrogens (tertiary/aromatic N) is 2. The van der Waals surface area contributed by atoms with E-state index in [0.717, 1.165) is 29.8 Å². The molecule has 2 heterocycles. The summed E-state index contributed by atoms with van der Waals surface area (Å²) in [6.45, 7) is 2.85. The highest BCUT2D eigenvalue weighted by Gasteiger charge is 2.31. The zero-order valence-electron chi connectivity index (χ0n) is 13.2. The molecule has 1 aromatic heterocycles. The van der Waals surface area contributed by atoms with Gasteiger partial charge in [0.15, 0.2) is 0 Å². The quantitative estimate of drug-likeness (QED) is 0.935. The van der Waals surface area contributed by atoms with Crippen LogP contribution in [-0.4, -0.2) is 27.5 Å². The lowest BCUT2D eigenvalue weighted by Gasteiger charge is -2.29. The molecule has 0 fully saturated rings. The molecular formula is C17H18F3N3O. The van der Waals surface area contributed by atoms with E-state index >= 15 is 0 Å². The third-order valence-electron chi connectivity index (χ3n) is 4.33. The van der Waals surface area contributed by atoms with Crippen LogP contribution in [-0.2, 0) is 30.4 Å². The fourth-order valence-corrected chi connectivity index (χ4v) is 3.04. The van der Waals surface area contributed by atoms with Gasteiger partial charge in [-0.25, -0.2) is 0 Å². The molecule has 1 atom stereocenters. The van der Waals surface area contributed by atoms with Crippen molar-refractivity contribution < 1.29 is 18.0 Å². The Hall–Kier alpha value is -2.31. The van der Waals surface area contributed by atoms with Crippen molar-refractivity contribution in [2.45, 2.75) is 32.5 Å². The van der Waals surface area contributed by atoms with Crippen LogP contribution in [0.4, 0.5) is 13.2 Å². The average molecular weight is 337 g/mol. The van der Waals surface area contributed by atoms with E-state index in [1.807, 2.05) is 0 Å². The summed E-state index contributed by atoms with van der Waals surface area (Å²) in [5, 5.41) is 6.89. The second-order valence-electron chi connectivity index (χ2n) is 6.19. The second-order valence-corrected chi connectivity index (χ2v) is 6.19. The zero-order chi connectivity index (χ0) is 17.3. The number of benzene rings is 1. The number of aromatic amines is 1. The lowest BCUT2D eigenvalue weighted by molar-refractivity contribution is -0.137. The van der Waals surface area contributed by atoms with Gasteiger partial charge in [0, 0.05) is 36.7 Å². The second kappa shape index (κ2) is 6.30. The number of rotatable bonds is 3. The summed E-state index contributed by atoms with van der Waals surface area (Å²) in [5.74, 6) is -0.416. The molecule has 1 amide bonds.